The molecule has 1 amide bonds. The molecular weight excluding hydrogens is 343 g/mol. The lowest BCUT2D eigenvalue weighted by Crippen LogP contribution is -2.49. The van der Waals surface area contributed by atoms with E-state index < -0.39 is 11.7 Å². The number of alkyl halides is 3. The van der Waals surface area contributed by atoms with E-state index in [0.717, 1.165) is 24.1 Å². The van der Waals surface area contributed by atoms with E-state index in [1.165, 1.54) is 31.7 Å². The van der Waals surface area contributed by atoms with Gasteiger partial charge in [0.15, 0.2) is 0 Å². The van der Waals surface area contributed by atoms with E-state index in [1.54, 1.807) is 0 Å². The number of nitrogens with zero attached hydrogens (tertiary/aromatic N) is 3. The summed E-state index contributed by atoms with van der Waals surface area (Å²) in [5.41, 5.74) is -0.735. The third-order valence-electron chi connectivity index (χ3n) is 6.35. The summed E-state index contributed by atoms with van der Waals surface area (Å²) in [5.74, 6) is 2.94. The van der Waals surface area contributed by atoms with Gasteiger partial charge in [0, 0.05) is 38.8 Å². The van der Waals surface area contributed by atoms with Crippen LogP contribution >= 0.6 is 0 Å². The Hall–Kier alpha value is -1.79. The molecular formula is C19H24F3N3O. The Balaban J connectivity index is 1.29. The number of aromatic nitrogens is 1. The number of rotatable bonds is 3. The highest BCUT2D eigenvalue weighted by Crippen LogP contribution is 2.49. The van der Waals surface area contributed by atoms with Gasteiger partial charge >= 0.3 is 6.18 Å². The van der Waals surface area contributed by atoms with Crippen LogP contribution in [0.25, 0.3) is 0 Å². The van der Waals surface area contributed by atoms with Crippen molar-refractivity contribution >= 4 is 11.7 Å². The van der Waals surface area contributed by atoms with E-state index in [4.69, 9.17) is 0 Å². The molecule has 0 aromatic carbocycles. The van der Waals surface area contributed by atoms with Crippen LogP contribution in [0.3, 0.4) is 0 Å². The molecule has 2 aliphatic carbocycles. The largest absolute Gasteiger partial charge is 0.417 e. The topological polar surface area (TPSA) is 36.4 Å². The minimum atomic E-state index is -4.36. The molecule has 2 heterocycles. The van der Waals surface area contributed by atoms with Crippen molar-refractivity contribution in [1.82, 2.24) is 9.88 Å². The average Bonchev–Trinajstić information content (AvgIpc) is 3.24. The van der Waals surface area contributed by atoms with Gasteiger partial charge in [-0.05, 0) is 49.1 Å². The van der Waals surface area contributed by atoms with E-state index >= 15 is 0 Å². The molecule has 0 unspecified atom stereocenters. The lowest BCUT2D eigenvalue weighted by atomic mass is 9.86. The lowest BCUT2D eigenvalue weighted by molar-refractivity contribution is -0.138. The molecule has 2 saturated carbocycles. The van der Waals surface area contributed by atoms with Gasteiger partial charge in [-0.25, -0.2) is 4.98 Å². The van der Waals surface area contributed by atoms with Gasteiger partial charge < -0.3 is 9.80 Å². The summed E-state index contributed by atoms with van der Waals surface area (Å²) in [5, 5.41) is 0. The maximum atomic E-state index is 12.6. The van der Waals surface area contributed by atoms with Crippen molar-refractivity contribution in [3.05, 3.63) is 23.9 Å². The molecule has 0 N–H and O–H groups in total. The Morgan fingerprint density at radius 1 is 1.12 bits per heavy atom. The first-order valence-corrected chi connectivity index (χ1v) is 9.46. The van der Waals surface area contributed by atoms with Crippen molar-refractivity contribution < 1.29 is 18.0 Å². The molecule has 3 atom stereocenters. The predicted octanol–water partition coefficient (Wildman–Crippen LogP) is 3.58. The van der Waals surface area contributed by atoms with Gasteiger partial charge in [0.1, 0.15) is 5.82 Å². The fourth-order valence-corrected chi connectivity index (χ4v) is 4.91. The summed E-state index contributed by atoms with van der Waals surface area (Å²) in [6.45, 7) is 2.45. The van der Waals surface area contributed by atoms with Crippen LogP contribution in [0, 0.1) is 17.8 Å². The molecule has 142 valence electrons. The van der Waals surface area contributed by atoms with E-state index in [-0.39, 0.29) is 5.91 Å². The van der Waals surface area contributed by atoms with Crippen molar-refractivity contribution in [3.8, 4) is 0 Å². The van der Waals surface area contributed by atoms with E-state index in [9.17, 15) is 18.0 Å². The van der Waals surface area contributed by atoms with Gasteiger partial charge in [0.2, 0.25) is 5.91 Å². The summed E-state index contributed by atoms with van der Waals surface area (Å²) in [6, 6.07) is 2.48. The Morgan fingerprint density at radius 3 is 2.42 bits per heavy atom. The molecule has 1 aliphatic heterocycles. The highest BCUT2D eigenvalue weighted by molar-refractivity contribution is 5.77. The van der Waals surface area contributed by atoms with Crippen molar-refractivity contribution in [2.45, 2.75) is 38.3 Å². The van der Waals surface area contributed by atoms with Crippen LogP contribution in [0.4, 0.5) is 19.0 Å². The lowest BCUT2D eigenvalue weighted by Gasteiger charge is -2.36. The van der Waals surface area contributed by atoms with Crippen LogP contribution in [0.15, 0.2) is 18.3 Å². The monoisotopic (exact) mass is 367 g/mol. The normalized spacial score (nSPS) is 28.7. The van der Waals surface area contributed by atoms with Crippen molar-refractivity contribution in [3.63, 3.8) is 0 Å². The third-order valence-corrected chi connectivity index (χ3v) is 6.35. The number of fused-ring (bicyclic) bond motifs is 2. The van der Waals surface area contributed by atoms with Crippen LogP contribution in [0.2, 0.25) is 0 Å². The maximum absolute atomic E-state index is 12.6. The fourth-order valence-electron chi connectivity index (χ4n) is 4.91. The minimum absolute atomic E-state index is 0.238. The SMILES string of the molecule is O=C(C[C@H]1C[C@H]2CC[C@@H]1C2)N1CCN(c2ccc(C(F)(F)F)cn2)CC1. The number of carbonyl (C=O) groups is 1. The summed E-state index contributed by atoms with van der Waals surface area (Å²) in [4.78, 5) is 20.4. The van der Waals surface area contributed by atoms with Gasteiger partial charge in [-0.15, -0.1) is 0 Å². The first-order chi connectivity index (χ1) is 12.4. The highest BCUT2D eigenvalue weighted by atomic mass is 19.4. The maximum Gasteiger partial charge on any atom is 0.417 e. The van der Waals surface area contributed by atoms with Gasteiger partial charge in [-0.2, -0.15) is 13.2 Å². The van der Waals surface area contributed by atoms with Gasteiger partial charge in [-0.1, -0.05) is 6.42 Å². The highest BCUT2D eigenvalue weighted by Gasteiger charge is 2.40. The summed E-state index contributed by atoms with van der Waals surface area (Å²) < 4.78 is 37.9. The quantitative estimate of drug-likeness (QED) is 0.819. The molecule has 3 fully saturated rings. The molecule has 0 radical (unpaired) electrons. The molecule has 1 aromatic heterocycles. The molecule has 1 saturated heterocycles. The number of hydrogen-bond donors (Lipinski definition) is 0. The summed E-state index contributed by atoms with van der Waals surface area (Å²) in [7, 11) is 0. The van der Waals surface area contributed by atoms with Crippen LogP contribution in [-0.2, 0) is 11.0 Å². The standard InChI is InChI=1S/C19H24F3N3O/c20-19(21,22)16-3-4-17(23-12-16)24-5-7-25(8-6-24)18(26)11-15-10-13-1-2-14(15)9-13/h3-4,12-15H,1-2,5-11H2/t13-,14+,15+/m0/s1. The van der Waals surface area contributed by atoms with Crippen LogP contribution in [-0.4, -0.2) is 42.0 Å². The smallest absolute Gasteiger partial charge is 0.353 e. The average molecular weight is 367 g/mol. The summed E-state index contributed by atoms with van der Waals surface area (Å²) >= 11 is 0. The summed E-state index contributed by atoms with van der Waals surface area (Å²) in [6.07, 6.45) is 2.33. The van der Waals surface area contributed by atoms with Crippen LogP contribution in [0.1, 0.15) is 37.7 Å². The zero-order valence-electron chi connectivity index (χ0n) is 14.7. The zero-order valence-corrected chi connectivity index (χ0v) is 14.7. The number of pyridine rings is 1. The molecule has 3 aliphatic rings. The van der Waals surface area contributed by atoms with Gasteiger partial charge in [0.05, 0.1) is 5.56 Å². The molecule has 26 heavy (non-hydrogen) atoms. The number of anilines is 1. The van der Waals surface area contributed by atoms with Crippen LogP contribution < -0.4 is 4.90 Å². The molecule has 0 spiro atoms. The number of halogens is 3. The van der Waals surface area contributed by atoms with Crippen molar-refractivity contribution in [1.29, 1.82) is 0 Å². The Morgan fingerprint density at radius 2 is 1.88 bits per heavy atom. The molecule has 7 heteroatoms. The Kier molecular flexibility index (Phi) is 4.57. The van der Waals surface area contributed by atoms with Crippen LogP contribution in [0.5, 0.6) is 0 Å². The van der Waals surface area contributed by atoms with E-state index in [2.05, 4.69) is 4.98 Å². The third kappa shape index (κ3) is 3.53. The number of amides is 1. The molecule has 4 nitrogen and oxygen atoms in total. The minimum Gasteiger partial charge on any atom is -0.353 e. The second kappa shape index (κ2) is 6.74. The van der Waals surface area contributed by atoms with E-state index in [1.807, 2.05) is 9.80 Å². The molecule has 4 rings (SSSR count). The second-order valence-corrected chi connectivity index (χ2v) is 7.91. The van der Waals surface area contributed by atoms with Crippen molar-refractivity contribution in [2.75, 3.05) is 31.1 Å². The van der Waals surface area contributed by atoms with Gasteiger partial charge in [0.25, 0.3) is 0 Å². The van der Waals surface area contributed by atoms with Crippen molar-refractivity contribution in [2.24, 2.45) is 17.8 Å². The predicted molar refractivity (Wildman–Crippen MR) is 91.6 cm³/mol. The first-order valence-electron chi connectivity index (χ1n) is 9.46. The zero-order chi connectivity index (χ0) is 18.3. The molecule has 1 aromatic rings. The van der Waals surface area contributed by atoms with Gasteiger partial charge in [-0.3, -0.25) is 4.79 Å². The fraction of sp³-hybridized carbons (Fsp3) is 0.684. The molecule has 2 bridgehead atoms. The second-order valence-electron chi connectivity index (χ2n) is 7.91. The first kappa shape index (κ1) is 17.6. The Bertz CT molecular complexity index is 653. The number of piperazine rings is 1. The van der Waals surface area contributed by atoms with E-state index in [0.29, 0.717) is 44.3 Å². The Labute approximate surface area is 151 Å². The number of hydrogen-bond acceptors (Lipinski definition) is 3. The number of carbonyl (C=O) groups excluding carboxylic acids is 1.